The Labute approximate surface area is 125 Å². The molecule has 3 heteroatoms. The smallest absolute Gasteiger partial charge is 0.136 e. The zero-order valence-electron chi connectivity index (χ0n) is 12.8. The van der Waals surface area contributed by atoms with Crippen LogP contribution in [-0.2, 0) is 4.79 Å². The number of phenols is 1. The summed E-state index contributed by atoms with van der Waals surface area (Å²) >= 11 is 0. The van der Waals surface area contributed by atoms with Crippen LogP contribution >= 0.6 is 0 Å². The van der Waals surface area contributed by atoms with Gasteiger partial charge in [0.1, 0.15) is 22.9 Å². The highest BCUT2D eigenvalue weighted by Gasteiger charge is 2.45. The minimum Gasteiger partial charge on any atom is -0.508 e. The van der Waals surface area contributed by atoms with E-state index in [0.29, 0.717) is 18.0 Å². The molecule has 1 aromatic carbocycles. The van der Waals surface area contributed by atoms with E-state index in [9.17, 15) is 9.90 Å². The molecule has 1 aromatic rings. The topological polar surface area (TPSA) is 46.5 Å². The van der Waals surface area contributed by atoms with Crippen LogP contribution in [0.2, 0.25) is 0 Å². The predicted octanol–water partition coefficient (Wildman–Crippen LogP) is 3.96. The predicted molar refractivity (Wildman–Crippen MR) is 81.7 cm³/mol. The molecule has 0 aromatic heterocycles. The average Bonchev–Trinajstić information content (AvgIpc) is 2.45. The van der Waals surface area contributed by atoms with E-state index in [0.717, 1.165) is 18.4 Å². The van der Waals surface area contributed by atoms with E-state index in [4.69, 9.17) is 4.74 Å². The second-order valence-electron chi connectivity index (χ2n) is 6.48. The Morgan fingerprint density at radius 1 is 1.43 bits per heavy atom. The van der Waals surface area contributed by atoms with Gasteiger partial charge in [-0.1, -0.05) is 19.1 Å². The maximum Gasteiger partial charge on any atom is 0.136 e. The van der Waals surface area contributed by atoms with E-state index in [-0.39, 0.29) is 17.6 Å². The fourth-order valence-electron chi connectivity index (χ4n) is 3.74. The number of phenolic OH excluding ortho intramolecular Hbond substituents is 1. The van der Waals surface area contributed by atoms with E-state index in [2.05, 4.69) is 6.08 Å². The van der Waals surface area contributed by atoms with E-state index in [1.54, 1.807) is 12.1 Å². The SMILES string of the molecule is CCC(=O)[C@H]1CCC=C2[C@H]1c1ccc(O)cc1OC2(C)C. The number of rotatable bonds is 2. The molecule has 1 aliphatic heterocycles. The molecule has 0 unspecified atom stereocenters. The number of hydrogen-bond donors (Lipinski definition) is 1. The summed E-state index contributed by atoms with van der Waals surface area (Å²) in [6.45, 7) is 6.01. The fraction of sp³-hybridized carbons (Fsp3) is 0.500. The van der Waals surface area contributed by atoms with Gasteiger partial charge in [-0.05, 0) is 38.3 Å². The third-order valence-electron chi connectivity index (χ3n) is 4.73. The number of Topliss-reactive ketones (excluding diaryl/α,β-unsaturated/α-hetero) is 1. The van der Waals surface area contributed by atoms with E-state index < -0.39 is 5.60 Å². The van der Waals surface area contributed by atoms with Gasteiger partial charge in [0, 0.05) is 29.9 Å². The number of aromatic hydroxyl groups is 1. The lowest BCUT2D eigenvalue weighted by Crippen LogP contribution is -2.42. The molecular formula is C18H22O3. The maximum absolute atomic E-state index is 12.4. The number of fused-ring (bicyclic) bond motifs is 3. The molecule has 2 atom stereocenters. The molecule has 1 N–H and O–H groups in total. The molecule has 112 valence electrons. The average molecular weight is 286 g/mol. The molecule has 0 saturated heterocycles. The second-order valence-corrected chi connectivity index (χ2v) is 6.48. The number of hydrogen-bond acceptors (Lipinski definition) is 3. The van der Waals surface area contributed by atoms with Gasteiger partial charge in [0.2, 0.25) is 0 Å². The summed E-state index contributed by atoms with van der Waals surface area (Å²) in [5, 5.41) is 9.71. The van der Waals surface area contributed by atoms with E-state index in [1.165, 1.54) is 5.57 Å². The quantitative estimate of drug-likeness (QED) is 0.837. The highest BCUT2D eigenvalue weighted by molar-refractivity contribution is 5.83. The Bertz CT molecular complexity index is 613. The standard InChI is InChI=1S/C18H22O3/c1-4-15(20)12-6-5-7-14-17(12)13-9-8-11(19)10-16(13)21-18(14,2)3/h7-10,12,17,19H,4-6H2,1-3H3/t12-,17-/m1/s1. The number of allylic oxidation sites excluding steroid dienone is 1. The van der Waals surface area contributed by atoms with Crippen molar-refractivity contribution >= 4 is 5.78 Å². The largest absolute Gasteiger partial charge is 0.508 e. The van der Waals surface area contributed by atoms with Crippen molar-refractivity contribution in [1.82, 2.24) is 0 Å². The van der Waals surface area contributed by atoms with E-state index >= 15 is 0 Å². The molecule has 0 radical (unpaired) electrons. The third-order valence-corrected chi connectivity index (χ3v) is 4.73. The Morgan fingerprint density at radius 3 is 2.90 bits per heavy atom. The second kappa shape index (κ2) is 4.90. The minimum atomic E-state index is -0.432. The Morgan fingerprint density at radius 2 is 2.19 bits per heavy atom. The van der Waals surface area contributed by atoms with Crippen LogP contribution in [-0.4, -0.2) is 16.5 Å². The summed E-state index contributed by atoms with van der Waals surface area (Å²) in [5.41, 5.74) is 1.81. The first-order chi connectivity index (χ1) is 9.94. The lowest BCUT2D eigenvalue weighted by atomic mass is 9.66. The van der Waals surface area contributed by atoms with Crippen molar-refractivity contribution in [3.05, 3.63) is 35.4 Å². The van der Waals surface area contributed by atoms with Crippen molar-refractivity contribution in [2.45, 2.75) is 51.6 Å². The highest BCUT2D eigenvalue weighted by Crippen LogP contribution is 2.52. The summed E-state index contributed by atoms with van der Waals surface area (Å²) in [5.74, 6) is 1.35. The van der Waals surface area contributed by atoms with Crippen LogP contribution in [0, 0.1) is 5.92 Å². The van der Waals surface area contributed by atoms with Gasteiger partial charge in [-0.25, -0.2) is 0 Å². The molecule has 0 amide bonds. The van der Waals surface area contributed by atoms with Crippen LogP contribution in [0.25, 0.3) is 0 Å². The van der Waals surface area contributed by atoms with Crippen molar-refractivity contribution in [1.29, 1.82) is 0 Å². The summed E-state index contributed by atoms with van der Waals surface area (Å²) in [4.78, 5) is 12.4. The molecule has 0 spiro atoms. The number of carbonyl (C=O) groups excluding carboxylic acids is 1. The summed E-state index contributed by atoms with van der Waals surface area (Å²) in [7, 11) is 0. The number of ketones is 1. The van der Waals surface area contributed by atoms with Gasteiger partial charge in [-0.3, -0.25) is 4.79 Å². The van der Waals surface area contributed by atoms with Gasteiger partial charge in [0.05, 0.1) is 0 Å². The first kappa shape index (κ1) is 14.2. The molecule has 0 fully saturated rings. The lowest BCUT2D eigenvalue weighted by molar-refractivity contribution is -0.123. The zero-order valence-corrected chi connectivity index (χ0v) is 12.8. The summed E-state index contributed by atoms with van der Waals surface area (Å²) < 4.78 is 6.09. The Balaban J connectivity index is 2.16. The molecule has 0 saturated carbocycles. The van der Waals surface area contributed by atoms with Crippen LogP contribution in [0.15, 0.2) is 29.8 Å². The minimum absolute atomic E-state index is 0.0291. The molecule has 3 nitrogen and oxygen atoms in total. The third kappa shape index (κ3) is 2.25. The van der Waals surface area contributed by atoms with Gasteiger partial charge in [-0.15, -0.1) is 0 Å². The van der Waals surface area contributed by atoms with Crippen LogP contribution in [0.1, 0.15) is 51.5 Å². The highest BCUT2D eigenvalue weighted by atomic mass is 16.5. The van der Waals surface area contributed by atoms with Crippen LogP contribution in [0.4, 0.5) is 0 Å². The molecule has 1 heterocycles. The Kier molecular flexibility index (Phi) is 3.31. The normalized spacial score (nSPS) is 26.1. The van der Waals surface area contributed by atoms with Crippen LogP contribution < -0.4 is 4.74 Å². The van der Waals surface area contributed by atoms with E-state index in [1.807, 2.05) is 26.8 Å². The first-order valence-electron chi connectivity index (χ1n) is 7.69. The molecule has 1 aliphatic carbocycles. The van der Waals surface area contributed by atoms with Gasteiger partial charge in [-0.2, -0.15) is 0 Å². The van der Waals surface area contributed by atoms with Crippen LogP contribution in [0.3, 0.4) is 0 Å². The van der Waals surface area contributed by atoms with Gasteiger partial charge >= 0.3 is 0 Å². The monoisotopic (exact) mass is 286 g/mol. The van der Waals surface area contributed by atoms with Crippen LogP contribution in [0.5, 0.6) is 11.5 Å². The fourth-order valence-corrected chi connectivity index (χ4v) is 3.74. The maximum atomic E-state index is 12.4. The van der Waals surface area contributed by atoms with Gasteiger partial charge < -0.3 is 9.84 Å². The van der Waals surface area contributed by atoms with Crippen molar-refractivity contribution in [3.63, 3.8) is 0 Å². The molecule has 2 aliphatic rings. The van der Waals surface area contributed by atoms with Crippen molar-refractivity contribution < 1.29 is 14.6 Å². The van der Waals surface area contributed by atoms with Crippen molar-refractivity contribution in [3.8, 4) is 11.5 Å². The summed E-state index contributed by atoms with van der Waals surface area (Å²) in [6.07, 6.45) is 4.64. The Hall–Kier alpha value is -1.77. The molecule has 3 rings (SSSR count). The first-order valence-corrected chi connectivity index (χ1v) is 7.69. The molecule has 21 heavy (non-hydrogen) atoms. The zero-order chi connectivity index (χ0) is 15.2. The molecule has 0 bridgehead atoms. The molecular weight excluding hydrogens is 264 g/mol. The number of ether oxygens (including phenoxy) is 1. The lowest BCUT2D eigenvalue weighted by Gasteiger charge is -2.45. The van der Waals surface area contributed by atoms with Gasteiger partial charge in [0.15, 0.2) is 0 Å². The van der Waals surface area contributed by atoms with Crippen molar-refractivity contribution in [2.24, 2.45) is 5.92 Å². The van der Waals surface area contributed by atoms with Crippen molar-refractivity contribution in [2.75, 3.05) is 0 Å². The van der Waals surface area contributed by atoms with Gasteiger partial charge in [0.25, 0.3) is 0 Å². The number of benzene rings is 1. The number of carbonyl (C=O) groups is 1. The summed E-state index contributed by atoms with van der Waals surface area (Å²) in [6, 6.07) is 5.25.